The maximum Gasteiger partial charge on any atom is 0.266 e. The van der Waals surface area contributed by atoms with Gasteiger partial charge in [-0.05, 0) is 80.1 Å². The van der Waals surface area contributed by atoms with Crippen molar-refractivity contribution in [2.24, 2.45) is 0 Å². The molecule has 1 heterocycles. The molecule has 0 saturated heterocycles. The summed E-state index contributed by atoms with van der Waals surface area (Å²) < 4.78 is 0. The highest BCUT2D eigenvalue weighted by Crippen LogP contribution is 2.44. The topological polar surface area (TPSA) is 56.1 Å². The molecule has 0 spiro atoms. The molecule has 1 aliphatic heterocycles. The Balaban J connectivity index is 1.97. The van der Waals surface area contributed by atoms with Gasteiger partial charge in [-0.1, -0.05) is 36.2 Å². The molecule has 1 atom stereocenters. The van der Waals surface area contributed by atoms with Gasteiger partial charge in [0, 0.05) is 34.0 Å². The SMILES string of the molecule is Cc1ccc(Cl)cc1NC(=O)/C(C#N)=C/c1cc2c(cc1Cl)N(C)C(C)(C)CC2C. The third kappa shape index (κ3) is 4.33. The number of carbonyl (C=O) groups is 1. The predicted octanol–water partition coefficient (Wildman–Crippen LogP) is 6.57. The number of carbonyl (C=O) groups excluding carboxylic acids is 1. The van der Waals surface area contributed by atoms with Crippen LogP contribution < -0.4 is 10.2 Å². The fourth-order valence-corrected chi connectivity index (χ4v) is 4.32. The maximum absolute atomic E-state index is 12.7. The molecule has 0 saturated carbocycles. The summed E-state index contributed by atoms with van der Waals surface area (Å²) in [6, 6.07) is 11.1. The second kappa shape index (κ2) is 8.34. The van der Waals surface area contributed by atoms with E-state index in [-0.39, 0.29) is 11.1 Å². The second-order valence-corrected chi connectivity index (χ2v) is 9.34. The summed E-state index contributed by atoms with van der Waals surface area (Å²) in [5, 5.41) is 13.4. The summed E-state index contributed by atoms with van der Waals surface area (Å²) in [5.74, 6) is -0.160. The highest BCUT2D eigenvalue weighted by molar-refractivity contribution is 6.32. The Kier molecular flexibility index (Phi) is 6.17. The van der Waals surface area contributed by atoms with Crippen LogP contribution in [0.2, 0.25) is 10.0 Å². The monoisotopic (exact) mass is 441 g/mol. The molecule has 1 unspecified atom stereocenters. The van der Waals surface area contributed by atoms with Gasteiger partial charge in [0.25, 0.3) is 5.91 Å². The van der Waals surface area contributed by atoms with Gasteiger partial charge in [-0.2, -0.15) is 5.26 Å². The van der Waals surface area contributed by atoms with Crippen molar-refractivity contribution in [1.29, 1.82) is 5.26 Å². The first-order valence-corrected chi connectivity index (χ1v) is 10.6. The molecule has 0 aliphatic carbocycles. The average molecular weight is 442 g/mol. The molecule has 2 aromatic carbocycles. The van der Waals surface area contributed by atoms with E-state index in [9.17, 15) is 10.1 Å². The smallest absolute Gasteiger partial charge is 0.266 e. The molecule has 30 heavy (non-hydrogen) atoms. The summed E-state index contributed by atoms with van der Waals surface area (Å²) in [6.07, 6.45) is 2.55. The number of rotatable bonds is 3. The van der Waals surface area contributed by atoms with Crippen LogP contribution in [0, 0.1) is 18.3 Å². The van der Waals surface area contributed by atoms with Gasteiger partial charge in [0.15, 0.2) is 0 Å². The van der Waals surface area contributed by atoms with Crippen LogP contribution in [0.25, 0.3) is 6.08 Å². The minimum absolute atomic E-state index is 0.0200. The van der Waals surface area contributed by atoms with E-state index in [1.54, 1.807) is 18.2 Å². The van der Waals surface area contributed by atoms with E-state index < -0.39 is 5.91 Å². The van der Waals surface area contributed by atoms with E-state index in [2.05, 4.69) is 38.0 Å². The number of hydrogen-bond donors (Lipinski definition) is 1. The highest BCUT2D eigenvalue weighted by Gasteiger charge is 2.34. The van der Waals surface area contributed by atoms with E-state index in [1.807, 2.05) is 31.2 Å². The van der Waals surface area contributed by atoms with Crippen LogP contribution in [-0.2, 0) is 4.79 Å². The number of nitrogens with one attached hydrogen (secondary N) is 1. The number of aryl methyl sites for hydroxylation is 1. The van der Waals surface area contributed by atoms with E-state index in [0.717, 1.165) is 23.2 Å². The van der Waals surface area contributed by atoms with Crippen molar-refractivity contribution in [2.45, 2.75) is 45.6 Å². The number of halogens is 2. The van der Waals surface area contributed by atoms with E-state index in [0.29, 0.717) is 27.2 Å². The Morgan fingerprint density at radius 3 is 2.67 bits per heavy atom. The largest absolute Gasteiger partial charge is 0.369 e. The van der Waals surface area contributed by atoms with Crippen molar-refractivity contribution in [3.05, 3.63) is 62.6 Å². The van der Waals surface area contributed by atoms with Gasteiger partial charge in [-0.25, -0.2) is 0 Å². The normalized spacial score (nSPS) is 17.9. The Hall–Kier alpha value is -2.48. The zero-order chi connectivity index (χ0) is 22.2. The van der Waals surface area contributed by atoms with Crippen molar-refractivity contribution < 1.29 is 4.79 Å². The molecule has 1 aliphatic rings. The van der Waals surface area contributed by atoms with E-state index in [1.165, 1.54) is 0 Å². The van der Waals surface area contributed by atoms with Crippen LogP contribution in [0.3, 0.4) is 0 Å². The first kappa shape index (κ1) is 22.2. The Labute approximate surface area is 188 Å². The van der Waals surface area contributed by atoms with Crippen molar-refractivity contribution in [3.63, 3.8) is 0 Å². The lowest BCUT2D eigenvalue weighted by atomic mass is 9.80. The fourth-order valence-electron chi connectivity index (χ4n) is 3.94. The van der Waals surface area contributed by atoms with Crippen LogP contribution >= 0.6 is 23.2 Å². The van der Waals surface area contributed by atoms with Crippen molar-refractivity contribution in [3.8, 4) is 6.07 Å². The second-order valence-electron chi connectivity index (χ2n) is 8.49. The molecule has 2 aromatic rings. The van der Waals surface area contributed by atoms with Crippen molar-refractivity contribution in [2.75, 3.05) is 17.3 Å². The molecular weight excluding hydrogens is 417 g/mol. The minimum atomic E-state index is -0.497. The lowest BCUT2D eigenvalue weighted by molar-refractivity contribution is -0.112. The van der Waals surface area contributed by atoms with Crippen molar-refractivity contribution in [1.82, 2.24) is 0 Å². The third-order valence-electron chi connectivity index (χ3n) is 5.86. The molecular formula is C24H25Cl2N3O. The van der Waals surface area contributed by atoms with Gasteiger partial charge < -0.3 is 10.2 Å². The maximum atomic E-state index is 12.7. The summed E-state index contributed by atoms with van der Waals surface area (Å²) in [7, 11) is 2.07. The van der Waals surface area contributed by atoms with E-state index >= 15 is 0 Å². The fraction of sp³-hybridized carbons (Fsp3) is 0.333. The first-order chi connectivity index (χ1) is 14.0. The van der Waals surface area contributed by atoms with Crippen LogP contribution in [0.1, 0.15) is 49.8 Å². The number of nitriles is 1. The minimum Gasteiger partial charge on any atom is -0.369 e. The van der Waals surface area contributed by atoms with Gasteiger partial charge in [0.05, 0.1) is 0 Å². The Bertz CT molecular complexity index is 1080. The number of anilines is 2. The standard InChI is InChI=1S/C24H25Cl2N3O/c1-14-6-7-18(25)10-21(14)28-23(30)17(13-27)8-16-9-19-15(2)12-24(3,4)29(5)22(19)11-20(16)26/h6-11,15H,12H2,1-5H3,(H,28,30)/b17-8+. The number of nitrogens with zero attached hydrogens (tertiary/aromatic N) is 2. The van der Waals surface area contributed by atoms with Crippen LogP contribution in [0.4, 0.5) is 11.4 Å². The molecule has 156 valence electrons. The number of hydrogen-bond acceptors (Lipinski definition) is 3. The first-order valence-electron chi connectivity index (χ1n) is 9.80. The molecule has 1 N–H and O–H groups in total. The summed E-state index contributed by atoms with van der Waals surface area (Å²) >= 11 is 12.6. The lowest BCUT2D eigenvalue weighted by Crippen LogP contribution is -2.45. The van der Waals surface area contributed by atoms with Gasteiger partial charge in [-0.3, -0.25) is 4.79 Å². The molecule has 3 rings (SSSR count). The Morgan fingerprint density at radius 2 is 2.00 bits per heavy atom. The molecule has 0 aromatic heterocycles. The third-order valence-corrected chi connectivity index (χ3v) is 6.43. The van der Waals surface area contributed by atoms with Gasteiger partial charge in [0.1, 0.15) is 11.6 Å². The lowest BCUT2D eigenvalue weighted by Gasteiger charge is -2.45. The van der Waals surface area contributed by atoms with Crippen molar-refractivity contribution >= 4 is 46.6 Å². The molecule has 6 heteroatoms. The van der Waals surface area contributed by atoms with Gasteiger partial charge in [-0.15, -0.1) is 0 Å². The van der Waals surface area contributed by atoms with Gasteiger partial charge in [0.2, 0.25) is 0 Å². The molecule has 0 fully saturated rings. The molecule has 1 amide bonds. The van der Waals surface area contributed by atoms with Crippen LogP contribution in [0.15, 0.2) is 35.9 Å². The van der Waals surface area contributed by atoms with E-state index in [4.69, 9.17) is 23.2 Å². The van der Waals surface area contributed by atoms with Crippen LogP contribution in [-0.4, -0.2) is 18.5 Å². The number of fused-ring (bicyclic) bond motifs is 1. The number of amides is 1. The zero-order valence-electron chi connectivity index (χ0n) is 17.8. The van der Waals surface area contributed by atoms with Gasteiger partial charge >= 0.3 is 0 Å². The average Bonchev–Trinajstić information content (AvgIpc) is 2.67. The Morgan fingerprint density at radius 1 is 1.30 bits per heavy atom. The van der Waals surface area contributed by atoms with Crippen LogP contribution in [0.5, 0.6) is 0 Å². The molecule has 0 bridgehead atoms. The summed E-state index contributed by atoms with van der Waals surface area (Å²) in [5.41, 5.74) is 4.34. The number of benzene rings is 2. The highest BCUT2D eigenvalue weighted by atomic mass is 35.5. The predicted molar refractivity (Wildman–Crippen MR) is 125 cm³/mol. The molecule has 0 radical (unpaired) electrons. The summed E-state index contributed by atoms with van der Waals surface area (Å²) in [6.45, 7) is 8.48. The zero-order valence-corrected chi connectivity index (χ0v) is 19.3. The summed E-state index contributed by atoms with van der Waals surface area (Å²) in [4.78, 5) is 15.0. The quantitative estimate of drug-likeness (QED) is 0.432. The molecule has 4 nitrogen and oxygen atoms in total.